The van der Waals surface area contributed by atoms with Gasteiger partial charge >= 0.3 is 6.09 Å². The first-order chi connectivity index (χ1) is 6.97. The van der Waals surface area contributed by atoms with Crippen LogP contribution in [0.4, 0.5) is 9.18 Å². The summed E-state index contributed by atoms with van der Waals surface area (Å²) in [6, 6.07) is -0.984. The molecule has 1 N–H and O–H groups in total. The van der Waals surface area contributed by atoms with Crippen LogP contribution in [0.5, 0.6) is 0 Å². The second-order valence-corrected chi connectivity index (χ2v) is 3.30. The van der Waals surface area contributed by atoms with E-state index in [1.54, 1.807) is 0 Å². The lowest BCUT2D eigenvalue weighted by atomic mass is 10.2. The molecule has 0 aromatic rings. The second-order valence-electron chi connectivity index (χ2n) is 3.30. The molecule has 2 atom stereocenters. The molecule has 0 saturated carbocycles. The molecule has 1 aliphatic heterocycles. The van der Waals surface area contributed by atoms with E-state index in [0.29, 0.717) is 0 Å². The van der Waals surface area contributed by atoms with Gasteiger partial charge in [-0.25, -0.2) is 14.2 Å². The van der Waals surface area contributed by atoms with Crippen molar-refractivity contribution >= 4 is 12.0 Å². The number of carbonyl (C=O) groups excluding carboxylic acids is 1. The topological polar surface area (TPSA) is 70.1 Å². The molecule has 15 heavy (non-hydrogen) atoms. The number of alkyl halides is 1. The van der Waals surface area contributed by atoms with Gasteiger partial charge < -0.3 is 5.11 Å². The fraction of sp³-hybridized carbons (Fsp3) is 0.750. The van der Waals surface area contributed by atoms with Crippen molar-refractivity contribution in [3.05, 3.63) is 0 Å². The molecule has 0 aromatic heterocycles. The molecule has 0 aromatic carbocycles. The summed E-state index contributed by atoms with van der Waals surface area (Å²) in [5.74, 6) is -0.556. The number of halogens is 1. The number of likely N-dealkylation sites (N-methyl/N-ethyl adjacent to an activating group) is 1. The highest BCUT2D eigenvalue weighted by Crippen LogP contribution is 2.21. The minimum absolute atomic E-state index is 0.112. The number of likely N-dealkylation sites (tertiary alicyclic amines) is 1. The monoisotopic (exact) mass is 220 g/mol. The van der Waals surface area contributed by atoms with Crippen LogP contribution in [0.2, 0.25) is 0 Å². The van der Waals surface area contributed by atoms with Crippen molar-refractivity contribution in [3.8, 4) is 0 Å². The fourth-order valence-electron chi connectivity index (χ4n) is 1.53. The van der Waals surface area contributed by atoms with Gasteiger partial charge in [0.15, 0.2) is 0 Å². The van der Waals surface area contributed by atoms with Crippen molar-refractivity contribution in [2.24, 2.45) is 0 Å². The van der Waals surface area contributed by atoms with Gasteiger partial charge in [-0.2, -0.15) is 0 Å². The van der Waals surface area contributed by atoms with E-state index < -0.39 is 24.2 Å². The van der Waals surface area contributed by atoms with E-state index in [0.717, 1.165) is 9.96 Å². The minimum atomic E-state index is -1.29. The maximum atomic E-state index is 13.0. The van der Waals surface area contributed by atoms with E-state index in [2.05, 4.69) is 4.84 Å². The van der Waals surface area contributed by atoms with E-state index in [9.17, 15) is 14.0 Å². The van der Waals surface area contributed by atoms with Crippen LogP contribution in [0.1, 0.15) is 6.42 Å². The Kier molecular flexibility index (Phi) is 3.46. The highest BCUT2D eigenvalue weighted by atomic mass is 19.1. The molecular formula is C8H13FN2O4. The lowest BCUT2D eigenvalue weighted by Crippen LogP contribution is -2.45. The van der Waals surface area contributed by atoms with Gasteiger partial charge in [-0.05, 0) is 0 Å². The first-order valence-electron chi connectivity index (χ1n) is 4.42. The van der Waals surface area contributed by atoms with Gasteiger partial charge in [-0.3, -0.25) is 14.5 Å². The Hall–Kier alpha value is -1.37. The summed E-state index contributed by atoms with van der Waals surface area (Å²) in [6.45, 7) is -0.261. The third-order valence-corrected chi connectivity index (χ3v) is 2.37. The van der Waals surface area contributed by atoms with Crippen molar-refractivity contribution < 1.29 is 23.9 Å². The van der Waals surface area contributed by atoms with E-state index in [1.807, 2.05) is 0 Å². The van der Waals surface area contributed by atoms with E-state index in [-0.39, 0.29) is 13.0 Å². The highest BCUT2D eigenvalue weighted by molar-refractivity contribution is 5.85. The number of nitrogens with zero attached hydrogens (tertiary/aromatic N) is 2. The smallest absolute Gasteiger partial charge is 0.408 e. The van der Waals surface area contributed by atoms with E-state index in [4.69, 9.17) is 5.11 Å². The maximum Gasteiger partial charge on any atom is 0.408 e. The van der Waals surface area contributed by atoms with Crippen LogP contribution in [0, 0.1) is 0 Å². The third kappa shape index (κ3) is 2.35. The number of hydrogen-bond donors (Lipinski definition) is 1. The Morgan fingerprint density at radius 1 is 1.60 bits per heavy atom. The molecule has 7 heteroatoms. The quantitative estimate of drug-likeness (QED) is 0.670. The molecule has 0 radical (unpaired) electrons. The van der Waals surface area contributed by atoms with Crippen LogP contribution >= 0.6 is 0 Å². The maximum absolute atomic E-state index is 13.0. The van der Waals surface area contributed by atoms with E-state index in [1.165, 1.54) is 14.2 Å². The largest absolute Gasteiger partial charge is 0.465 e. The zero-order valence-electron chi connectivity index (χ0n) is 8.51. The summed E-state index contributed by atoms with van der Waals surface area (Å²) in [4.78, 5) is 27.7. The Morgan fingerprint density at radius 2 is 2.20 bits per heavy atom. The molecule has 1 fully saturated rings. The lowest BCUT2D eigenvalue weighted by molar-refractivity contribution is -0.173. The lowest BCUT2D eigenvalue weighted by Gasteiger charge is -2.23. The normalized spacial score (nSPS) is 25.4. The zero-order chi connectivity index (χ0) is 11.6. The van der Waals surface area contributed by atoms with Crippen LogP contribution in [0.15, 0.2) is 0 Å². The first-order valence-corrected chi connectivity index (χ1v) is 4.42. The van der Waals surface area contributed by atoms with Gasteiger partial charge in [0.25, 0.3) is 5.91 Å². The number of rotatable bonds is 2. The molecule has 1 heterocycles. The zero-order valence-corrected chi connectivity index (χ0v) is 8.51. The first kappa shape index (κ1) is 11.7. The average Bonchev–Trinajstić information content (AvgIpc) is 2.58. The van der Waals surface area contributed by atoms with Gasteiger partial charge in [-0.15, -0.1) is 0 Å². The Labute approximate surface area is 86.2 Å². The fourth-order valence-corrected chi connectivity index (χ4v) is 1.53. The Morgan fingerprint density at radius 3 is 2.67 bits per heavy atom. The standard InChI is InChI=1S/C8H13FN2O4/c1-10(15-2)7(12)6-3-5(9)4-11(6)8(13)14/h5-6H,3-4H2,1-2H3,(H,13,14). The number of amides is 2. The van der Waals surface area contributed by atoms with Crippen molar-refractivity contribution in [2.45, 2.75) is 18.6 Å². The molecule has 1 rings (SSSR count). The molecule has 1 saturated heterocycles. The molecular weight excluding hydrogens is 207 g/mol. The van der Waals surface area contributed by atoms with Gasteiger partial charge in [-0.1, -0.05) is 0 Å². The van der Waals surface area contributed by atoms with Crippen LogP contribution in [0.25, 0.3) is 0 Å². The molecule has 1 aliphatic rings. The van der Waals surface area contributed by atoms with Crippen molar-refractivity contribution in [1.82, 2.24) is 9.96 Å². The molecule has 2 unspecified atom stereocenters. The van der Waals surface area contributed by atoms with Crippen LogP contribution in [-0.4, -0.2) is 60.0 Å². The van der Waals surface area contributed by atoms with Crippen LogP contribution in [0.3, 0.4) is 0 Å². The molecule has 0 bridgehead atoms. The van der Waals surface area contributed by atoms with Crippen molar-refractivity contribution in [3.63, 3.8) is 0 Å². The van der Waals surface area contributed by atoms with Gasteiger partial charge in [0.2, 0.25) is 0 Å². The number of carboxylic acid groups (broad SMARTS) is 1. The number of hydrogen-bond acceptors (Lipinski definition) is 3. The summed E-state index contributed by atoms with van der Waals surface area (Å²) in [5.41, 5.74) is 0. The van der Waals surface area contributed by atoms with E-state index >= 15 is 0 Å². The van der Waals surface area contributed by atoms with Crippen LogP contribution < -0.4 is 0 Å². The number of carbonyl (C=O) groups is 2. The minimum Gasteiger partial charge on any atom is -0.465 e. The predicted octanol–water partition coefficient (Wildman–Crippen LogP) is 0.0966. The number of hydroxylamine groups is 2. The van der Waals surface area contributed by atoms with Crippen molar-refractivity contribution in [2.75, 3.05) is 20.7 Å². The van der Waals surface area contributed by atoms with Crippen molar-refractivity contribution in [1.29, 1.82) is 0 Å². The summed E-state index contributed by atoms with van der Waals surface area (Å²) in [7, 11) is 2.64. The van der Waals surface area contributed by atoms with Gasteiger partial charge in [0.05, 0.1) is 13.7 Å². The summed E-state index contributed by atoms with van der Waals surface area (Å²) in [6.07, 6.45) is -2.70. The molecule has 2 amide bonds. The van der Waals surface area contributed by atoms with Crippen LogP contribution in [-0.2, 0) is 9.63 Å². The Bertz CT molecular complexity index is 273. The molecule has 0 spiro atoms. The second kappa shape index (κ2) is 4.43. The average molecular weight is 220 g/mol. The summed E-state index contributed by atoms with van der Waals surface area (Å²) in [5, 5.41) is 9.65. The summed E-state index contributed by atoms with van der Waals surface area (Å²) < 4.78 is 13.0. The highest BCUT2D eigenvalue weighted by Gasteiger charge is 2.41. The molecule has 0 aliphatic carbocycles. The Balaban J connectivity index is 2.75. The predicted molar refractivity (Wildman–Crippen MR) is 47.8 cm³/mol. The third-order valence-electron chi connectivity index (χ3n) is 2.37. The van der Waals surface area contributed by atoms with Gasteiger partial charge in [0, 0.05) is 13.5 Å². The molecule has 86 valence electrons. The van der Waals surface area contributed by atoms with Gasteiger partial charge in [0.1, 0.15) is 12.2 Å². The summed E-state index contributed by atoms with van der Waals surface area (Å²) >= 11 is 0. The molecule has 6 nitrogen and oxygen atoms in total. The SMILES string of the molecule is CON(C)C(=O)C1CC(F)CN1C(=O)O.